The van der Waals surface area contributed by atoms with Crippen LogP contribution in [0.5, 0.6) is 0 Å². The molecule has 5 heteroatoms. The van der Waals surface area contributed by atoms with E-state index in [4.69, 9.17) is 9.47 Å². The van der Waals surface area contributed by atoms with Gasteiger partial charge in [-0.05, 0) is 40.5 Å². The predicted octanol–water partition coefficient (Wildman–Crippen LogP) is 1.26. The van der Waals surface area contributed by atoms with Gasteiger partial charge in [0.2, 0.25) is 0 Å². The first kappa shape index (κ1) is 15.0. The van der Waals surface area contributed by atoms with Gasteiger partial charge in [0.25, 0.3) is 0 Å². The molecule has 0 saturated heterocycles. The normalized spacial score (nSPS) is 17.1. The van der Waals surface area contributed by atoms with Crippen LogP contribution >= 0.6 is 0 Å². The van der Waals surface area contributed by atoms with E-state index in [9.17, 15) is 9.59 Å². The average Bonchev–Trinajstić information content (AvgIpc) is 2.96. The molecule has 0 heterocycles. The van der Waals surface area contributed by atoms with E-state index in [0.717, 1.165) is 12.8 Å². The standard InChI is InChI=1S/C13H23NO4/c1-5-17-11(16)13(6-7-13)9-14-8-10(15)18-12(2,3)4/h14H,5-9H2,1-4H3. The maximum Gasteiger partial charge on any atom is 0.320 e. The second kappa shape index (κ2) is 5.69. The van der Waals surface area contributed by atoms with Gasteiger partial charge >= 0.3 is 11.9 Å². The van der Waals surface area contributed by atoms with Crippen LogP contribution in [0.2, 0.25) is 0 Å². The van der Waals surface area contributed by atoms with Gasteiger partial charge in [-0.2, -0.15) is 0 Å². The molecule has 0 aromatic rings. The number of esters is 2. The average molecular weight is 257 g/mol. The molecule has 18 heavy (non-hydrogen) atoms. The topological polar surface area (TPSA) is 64.6 Å². The molecule has 1 N–H and O–H groups in total. The lowest BCUT2D eigenvalue weighted by molar-refractivity contribution is -0.154. The monoisotopic (exact) mass is 257 g/mol. The van der Waals surface area contributed by atoms with Crippen molar-refractivity contribution >= 4 is 11.9 Å². The molecular weight excluding hydrogens is 234 g/mol. The molecule has 0 spiro atoms. The highest BCUT2D eigenvalue weighted by atomic mass is 16.6. The molecule has 0 atom stereocenters. The van der Waals surface area contributed by atoms with Crippen LogP contribution in [0.25, 0.3) is 0 Å². The Morgan fingerprint density at radius 3 is 2.33 bits per heavy atom. The molecule has 0 aliphatic heterocycles. The van der Waals surface area contributed by atoms with E-state index >= 15 is 0 Å². The summed E-state index contributed by atoms with van der Waals surface area (Å²) >= 11 is 0. The third kappa shape index (κ3) is 4.64. The lowest BCUT2D eigenvalue weighted by Gasteiger charge is -2.20. The molecule has 0 aromatic carbocycles. The highest BCUT2D eigenvalue weighted by molar-refractivity contribution is 5.80. The number of rotatable bonds is 6. The zero-order valence-electron chi connectivity index (χ0n) is 11.7. The SMILES string of the molecule is CCOC(=O)C1(CNCC(=O)OC(C)(C)C)CC1. The lowest BCUT2D eigenvalue weighted by Crippen LogP contribution is -2.37. The number of hydrogen-bond acceptors (Lipinski definition) is 5. The molecule has 104 valence electrons. The number of carbonyl (C=O) groups is 2. The van der Waals surface area contributed by atoms with Gasteiger partial charge in [-0.25, -0.2) is 0 Å². The fourth-order valence-electron chi connectivity index (χ4n) is 1.67. The van der Waals surface area contributed by atoms with E-state index < -0.39 is 11.0 Å². The van der Waals surface area contributed by atoms with Crippen LogP contribution in [0, 0.1) is 5.41 Å². The fraction of sp³-hybridized carbons (Fsp3) is 0.846. The summed E-state index contributed by atoms with van der Waals surface area (Å²) in [5.74, 6) is -0.469. The highest BCUT2D eigenvalue weighted by Gasteiger charge is 2.50. The van der Waals surface area contributed by atoms with Crippen molar-refractivity contribution in [2.75, 3.05) is 19.7 Å². The third-order valence-electron chi connectivity index (χ3n) is 2.71. The third-order valence-corrected chi connectivity index (χ3v) is 2.71. The quantitative estimate of drug-likeness (QED) is 0.726. The van der Waals surface area contributed by atoms with E-state index in [1.165, 1.54) is 0 Å². The van der Waals surface area contributed by atoms with Crippen molar-refractivity contribution in [3.8, 4) is 0 Å². The first-order valence-electron chi connectivity index (χ1n) is 6.39. The molecule has 0 bridgehead atoms. The summed E-state index contributed by atoms with van der Waals surface area (Å²) in [6, 6.07) is 0. The van der Waals surface area contributed by atoms with Crippen molar-refractivity contribution in [2.45, 2.75) is 46.1 Å². The Balaban J connectivity index is 2.26. The van der Waals surface area contributed by atoms with Crippen molar-refractivity contribution in [3.05, 3.63) is 0 Å². The summed E-state index contributed by atoms with van der Waals surface area (Å²) in [5, 5.41) is 2.97. The Kier molecular flexibility index (Phi) is 4.73. The Bertz CT molecular complexity index is 315. The zero-order valence-corrected chi connectivity index (χ0v) is 11.7. The minimum Gasteiger partial charge on any atom is -0.466 e. The molecular formula is C13H23NO4. The van der Waals surface area contributed by atoms with Crippen molar-refractivity contribution in [1.82, 2.24) is 5.32 Å². The van der Waals surface area contributed by atoms with Crippen molar-refractivity contribution in [2.24, 2.45) is 5.41 Å². The van der Waals surface area contributed by atoms with Gasteiger partial charge in [0, 0.05) is 6.54 Å². The van der Waals surface area contributed by atoms with Gasteiger partial charge in [0.05, 0.1) is 18.6 Å². The summed E-state index contributed by atoms with van der Waals surface area (Å²) in [4.78, 5) is 23.1. The predicted molar refractivity (Wildman–Crippen MR) is 67.0 cm³/mol. The minimum atomic E-state index is -0.475. The largest absolute Gasteiger partial charge is 0.466 e. The fourth-order valence-corrected chi connectivity index (χ4v) is 1.67. The summed E-state index contributed by atoms with van der Waals surface area (Å²) in [6.07, 6.45) is 1.65. The number of carbonyl (C=O) groups excluding carboxylic acids is 2. The molecule has 5 nitrogen and oxygen atoms in total. The number of nitrogens with one attached hydrogen (secondary N) is 1. The van der Waals surface area contributed by atoms with Crippen LogP contribution in [0.4, 0.5) is 0 Å². The Hall–Kier alpha value is -1.10. The molecule has 1 rings (SSSR count). The summed E-state index contributed by atoms with van der Waals surface area (Å²) < 4.78 is 10.2. The van der Waals surface area contributed by atoms with Gasteiger partial charge in [0.15, 0.2) is 0 Å². The second-order valence-corrected chi connectivity index (χ2v) is 5.69. The number of ether oxygens (including phenoxy) is 2. The van der Waals surface area contributed by atoms with Crippen LogP contribution < -0.4 is 5.32 Å². The molecule has 1 fully saturated rings. The molecule has 0 unspecified atom stereocenters. The Labute approximate surface area is 108 Å². The van der Waals surface area contributed by atoms with Gasteiger partial charge in [-0.3, -0.25) is 9.59 Å². The van der Waals surface area contributed by atoms with E-state index in [1.807, 2.05) is 20.8 Å². The summed E-state index contributed by atoms with van der Waals surface area (Å²) in [7, 11) is 0. The smallest absolute Gasteiger partial charge is 0.320 e. The Morgan fingerprint density at radius 2 is 1.89 bits per heavy atom. The van der Waals surface area contributed by atoms with Crippen LogP contribution in [0.3, 0.4) is 0 Å². The number of hydrogen-bond donors (Lipinski definition) is 1. The summed E-state index contributed by atoms with van der Waals surface area (Å²) in [5.41, 5.74) is -0.880. The molecule has 0 aromatic heterocycles. The highest BCUT2D eigenvalue weighted by Crippen LogP contribution is 2.46. The van der Waals surface area contributed by atoms with E-state index in [-0.39, 0.29) is 18.5 Å². The van der Waals surface area contributed by atoms with E-state index in [1.54, 1.807) is 6.92 Å². The van der Waals surface area contributed by atoms with Crippen LogP contribution in [-0.4, -0.2) is 37.2 Å². The Morgan fingerprint density at radius 1 is 1.28 bits per heavy atom. The van der Waals surface area contributed by atoms with Gasteiger partial charge in [-0.15, -0.1) is 0 Å². The molecule has 1 aliphatic carbocycles. The van der Waals surface area contributed by atoms with Crippen molar-refractivity contribution < 1.29 is 19.1 Å². The van der Waals surface area contributed by atoms with Crippen LogP contribution in [0.1, 0.15) is 40.5 Å². The van der Waals surface area contributed by atoms with E-state index in [2.05, 4.69) is 5.32 Å². The van der Waals surface area contributed by atoms with Gasteiger partial charge < -0.3 is 14.8 Å². The zero-order chi connectivity index (χ0) is 13.8. The van der Waals surface area contributed by atoms with Crippen LogP contribution in [0.15, 0.2) is 0 Å². The van der Waals surface area contributed by atoms with Crippen molar-refractivity contribution in [3.63, 3.8) is 0 Å². The maximum absolute atomic E-state index is 11.7. The van der Waals surface area contributed by atoms with Crippen molar-refractivity contribution in [1.29, 1.82) is 0 Å². The lowest BCUT2D eigenvalue weighted by atomic mass is 10.1. The molecule has 1 aliphatic rings. The first-order valence-corrected chi connectivity index (χ1v) is 6.39. The maximum atomic E-state index is 11.7. The molecule has 0 radical (unpaired) electrons. The summed E-state index contributed by atoms with van der Waals surface area (Å²) in [6.45, 7) is 8.27. The first-order chi connectivity index (χ1) is 8.29. The second-order valence-electron chi connectivity index (χ2n) is 5.69. The van der Waals surface area contributed by atoms with E-state index in [0.29, 0.717) is 13.2 Å². The van der Waals surface area contributed by atoms with Crippen LogP contribution in [-0.2, 0) is 19.1 Å². The molecule has 0 amide bonds. The molecule has 1 saturated carbocycles. The van der Waals surface area contributed by atoms with Gasteiger partial charge in [-0.1, -0.05) is 0 Å². The minimum absolute atomic E-state index is 0.123. The van der Waals surface area contributed by atoms with Gasteiger partial charge in [0.1, 0.15) is 5.60 Å².